The maximum atomic E-state index is 6.05. The highest BCUT2D eigenvalue weighted by atomic mass is 35.5. The Morgan fingerprint density at radius 1 is 0.941 bits per heavy atom. The van der Waals surface area contributed by atoms with Crippen molar-refractivity contribution in [3.05, 3.63) is 58.6 Å². The normalized spacial score (nSPS) is 10.9. The Bertz CT molecular complexity index is 510. The molecule has 2 rings (SSSR count). The lowest BCUT2D eigenvalue weighted by Crippen LogP contribution is -1.88. The summed E-state index contributed by atoms with van der Waals surface area (Å²) in [6.07, 6.45) is 0. The second kappa shape index (κ2) is 4.93. The fraction of sp³-hybridized carbons (Fsp3) is 0.250. The Morgan fingerprint density at radius 2 is 1.59 bits per heavy atom. The lowest BCUT2D eigenvalue weighted by molar-refractivity contribution is 0.867. The minimum Gasteiger partial charge on any atom is -0.0843 e. The van der Waals surface area contributed by atoms with Crippen molar-refractivity contribution in [2.24, 2.45) is 0 Å². The van der Waals surface area contributed by atoms with E-state index >= 15 is 0 Å². The van der Waals surface area contributed by atoms with E-state index in [0.29, 0.717) is 5.92 Å². The molecule has 0 radical (unpaired) electrons. The van der Waals surface area contributed by atoms with Gasteiger partial charge in [0.05, 0.1) is 0 Å². The zero-order valence-corrected chi connectivity index (χ0v) is 11.3. The van der Waals surface area contributed by atoms with E-state index in [9.17, 15) is 0 Å². The number of aryl methyl sites for hydroxylation is 1. The molecule has 0 aromatic heterocycles. The van der Waals surface area contributed by atoms with Crippen LogP contribution in [0.1, 0.15) is 30.9 Å². The summed E-state index contributed by atoms with van der Waals surface area (Å²) < 4.78 is 0. The molecule has 0 unspecified atom stereocenters. The Morgan fingerprint density at radius 3 is 2.18 bits per heavy atom. The summed E-state index contributed by atoms with van der Waals surface area (Å²) in [5.74, 6) is 0.574. The molecular weight excluding hydrogens is 228 g/mol. The summed E-state index contributed by atoms with van der Waals surface area (Å²) in [5.41, 5.74) is 5.07. The third-order valence-electron chi connectivity index (χ3n) is 3.09. The summed E-state index contributed by atoms with van der Waals surface area (Å²) in [6, 6.07) is 14.8. The van der Waals surface area contributed by atoms with E-state index in [1.807, 2.05) is 12.1 Å². The van der Waals surface area contributed by atoms with Crippen molar-refractivity contribution in [2.75, 3.05) is 0 Å². The second-order valence-corrected chi connectivity index (χ2v) is 5.17. The first-order valence-corrected chi connectivity index (χ1v) is 6.32. The van der Waals surface area contributed by atoms with Crippen molar-refractivity contribution in [3.8, 4) is 11.1 Å². The van der Waals surface area contributed by atoms with Crippen LogP contribution >= 0.6 is 11.6 Å². The van der Waals surface area contributed by atoms with Crippen molar-refractivity contribution in [2.45, 2.75) is 26.7 Å². The zero-order chi connectivity index (χ0) is 12.4. The topological polar surface area (TPSA) is 0 Å². The molecule has 2 aromatic carbocycles. The molecule has 17 heavy (non-hydrogen) atoms. The maximum Gasteiger partial charge on any atom is 0.0412 e. The number of halogens is 1. The SMILES string of the molecule is Cc1ccc(Cl)cc1-c1ccc(C(C)C)cc1. The van der Waals surface area contributed by atoms with Crippen LogP contribution in [-0.4, -0.2) is 0 Å². The Balaban J connectivity index is 2.43. The van der Waals surface area contributed by atoms with Gasteiger partial charge in [0, 0.05) is 5.02 Å². The predicted molar refractivity (Wildman–Crippen MR) is 75.7 cm³/mol. The number of hydrogen-bond donors (Lipinski definition) is 0. The molecule has 0 aliphatic rings. The molecule has 0 atom stereocenters. The summed E-state index contributed by atoms with van der Waals surface area (Å²) >= 11 is 6.05. The minimum atomic E-state index is 0.574. The number of rotatable bonds is 2. The van der Waals surface area contributed by atoms with E-state index in [2.05, 4.69) is 51.1 Å². The largest absolute Gasteiger partial charge is 0.0843 e. The van der Waals surface area contributed by atoms with E-state index in [0.717, 1.165) is 5.02 Å². The highest BCUT2D eigenvalue weighted by Gasteiger charge is 2.04. The molecule has 0 amide bonds. The van der Waals surface area contributed by atoms with E-state index < -0.39 is 0 Å². The molecule has 0 aliphatic heterocycles. The van der Waals surface area contributed by atoms with Gasteiger partial charge in [-0.2, -0.15) is 0 Å². The van der Waals surface area contributed by atoms with Crippen molar-refractivity contribution < 1.29 is 0 Å². The van der Waals surface area contributed by atoms with Gasteiger partial charge in [0.1, 0.15) is 0 Å². The smallest absolute Gasteiger partial charge is 0.0412 e. The quantitative estimate of drug-likeness (QED) is 0.660. The Labute approximate surface area is 108 Å². The molecule has 0 nitrogen and oxygen atoms in total. The maximum absolute atomic E-state index is 6.05. The lowest BCUT2D eigenvalue weighted by Gasteiger charge is -2.09. The fourth-order valence-corrected chi connectivity index (χ4v) is 2.12. The van der Waals surface area contributed by atoms with E-state index in [4.69, 9.17) is 11.6 Å². The molecule has 0 aliphatic carbocycles. The van der Waals surface area contributed by atoms with Crippen LogP contribution in [0, 0.1) is 6.92 Å². The molecule has 0 spiro atoms. The summed E-state index contributed by atoms with van der Waals surface area (Å²) in [5, 5.41) is 0.790. The van der Waals surface area contributed by atoms with Crippen LogP contribution in [0.5, 0.6) is 0 Å². The monoisotopic (exact) mass is 244 g/mol. The van der Waals surface area contributed by atoms with Gasteiger partial charge in [-0.3, -0.25) is 0 Å². The fourth-order valence-electron chi connectivity index (χ4n) is 1.95. The van der Waals surface area contributed by atoms with Gasteiger partial charge in [0.25, 0.3) is 0 Å². The Kier molecular flexibility index (Phi) is 3.54. The van der Waals surface area contributed by atoms with E-state index in [1.165, 1.54) is 22.3 Å². The van der Waals surface area contributed by atoms with Gasteiger partial charge < -0.3 is 0 Å². The van der Waals surface area contributed by atoms with Crippen LogP contribution < -0.4 is 0 Å². The van der Waals surface area contributed by atoms with Gasteiger partial charge in [0.2, 0.25) is 0 Å². The van der Waals surface area contributed by atoms with Crippen molar-refractivity contribution in [3.63, 3.8) is 0 Å². The predicted octanol–water partition coefficient (Wildman–Crippen LogP) is 5.44. The van der Waals surface area contributed by atoms with Crippen LogP contribution in [0.2, 0.25) is 5.02 Å². The van der Waals surface area contributed by atoms with Gasteiger partial charge in [-0.1, -0.05) is 55.8 Å². The number of benzene rings is 2. The number of hydrogen-bond acceptors (Lipinski definition) is 0. The molecule has 0 bridgehead atoms. The van der Waals surface area contributed by atoms with Gasteiger partial charge in [-0.05, 0) is 47.2 Å². The molecule has 0 N–H and O–H groups in total. The highest BCUT2D eigenvalue weighted by molar-refractivity contribution is 6.30. The molecule has 1 heteroatoms. The molecule has 0 saturated heterocycles. The van der Waals surface area contributed by atoms with Crippen LogP contribution in [0.3, 0.4) is 0 Å². The first kappa shape index (κ1) is 12.2. The van der Waals surface area contributed by atoms with Gasteiger partial charge >= 0.3 is 0 Å². The lowest BCUT2D eigenvalue weighted by atomic mass is 9.96. The Hall–Kier alpha value is -1.27. The molecular formula is C16H17Cl. The van der Waals surface area contributed by atoms with Gasteiger partial charge in [-0.25, -0.2) is 0 Å². The summed E-state index contributed by atoms with van der Waals surface area (Å²) in [7, 11) is 0. The molecule has 2 aromatic rings. The molecule has 0 heterocycles. The summed E-state index contributed by atoms with van der Waals surface area (Å²) in [4.78, 5) is 0. The average Bonchev–Trinajstić information content (AvgIpc) is 2.32. The summed E-state index contributed by atoms with van der Waals surface area (Å²) in [6.45, 7) is 6.53. The zero-order valence-electron chi connectivity index (χ0n) is 10.5. The average molecular weight is 245 g/mol. The van der Waals surface area contributed by atoms with E-state index in [1.54, 1.807) is 0 Å². The molecule has 0 saturated carbocycles. The standard InChI is InChI=1S/C16H17Cl/c1-11(2)13-5-7-14(8-6-13)16-10-15(17)9-4-12(16)3/h4-11H,1-3H3. The van der Waals surface area contributed by atoms with Crippen LogP contribution in [0.4, 0.5) is 0 Å². The van der Waals surface area contributed by atoms with E-state index in [-0.39, 0.29) is 0 Å². The minimum absolute atomic E-state index is 0.574. The molecule has 88 valence electrons. The van der Waals surface area contributed by atoms with Crippen molar-refractivity contribution in [1.29, 1.82) is 0 Å². The van der Waals surface area contributed by atoms with Gasteiger partial charge in [-0.15, -0.1) is 0 Å². The second-order valence-electron chi connectivity index (χ2n) is 4.74. The third-order valence-corrected chi connectivity index (χ3v) is 3.32. The van der Waals surface area contributed by atoms with Crippen LogP contribution in [-0.2, 0) is 0 Å². The van der Waals surface area contributed by atoms with Crippen LogP contribution in [0.25, 0.3) is 11.1 Å². The van der Waals surface area contributed by atoms with Crippen LogP contribution in [0.15, 0.2) is 42.5 Å². The first-order valence-electron chi connectivity index (χ1n) is 5.94. The van der Waals surface area contributed by atoms with Crippen molar-refractivity contribution in [1.82, 2.24) is 0 Å². The third kappa shape index (κ3) is 2.70. The van der Waals surface area contributed by atoms with Crippen molar-refractivity contribution >= 4 is 11.6 Å². The highest BCUT2D eigenvalue weighted by Crippen LogP contribution is 2.27. The van der Waals surface area contributed by atoms with Gasteiger partial charge in [0.15, 0.2) is 0 Å². The first-order chi connectivity index (χ1) is 8.08. The molecule has 0 fully saturated rings.